The van der Waals surface area contributed by atoms with Crippen molar-refractivity contribution in [1.29, 1.82) is 0 Å². The highest BCUT2D eigenvalue weighted by molar-refractivity contribution is 6.51. The van der Waals surface area contributed by atoms with Crippen LogP contribution in [0.5, 0.6) is 0 Å². The zero-order valence-electron chi connectivity index (χ0n) is 11.6. The molecule has 1 aliphatic rings. The number of benzene rings is 2. The van der Waals surface area contributed by atoms with E-state index in [-0.39, 0.29) is 11.8 Å². The minimum Gasteiger partial charge on any atom is -0.322 e. The summed E-state index contributed by atoms with van der Waals surface area (Å²) in [5.41, 5.74) is 3.64. The van der Waals surface area contributed by atoms with E-state index in [1.54, 1.807) is 0 Å². The maximum Gasteiger partial charge on any atom is 0.255 e. The van der Waals surface area contributed by atoms with Gasteiger partial charge in [-0.15, -0.1) is 23.2 Å². The molecule has 2 aromatic carbocycles. The van der Waals surface area contributed by atoms with Crippen LogP contribution in [0.15, 0.2) is 48.5 Å². The van der Waals surface area contributed by atoms with Gasteiger partial charge in [0.25, 0.3) is 5.91 Å². The minimum absolute atomic E-state index is 0.113. The van der Waals surface area contributed by atoms with Crippen molar-refractivity contribution < 1.29 is 4.79 Å². The predicted molar refractivity (Wildman–Crippen MR) is 87.4 cm³/mol. The van der Waals surface area contributed by atoms with Crippen LogP contribution in [0.3, 0.4) is 0 Å². The van der Waals surface area contributed by atoms with Crippen LogP contribution in [0.25, 0.3) is 0 Å². The molecule has 2 nitrogen and oxygen atoms in total. The lowest BCUT2D eigenvalue weighted by atomic mass is 10.1. The Morgan fingerprint density at radius 3 is 2.19 bits per heavy atom. The summed E-state index contributed by atoms with van der Waals surface area (Å²) in [6.45, 7) is 1.99. The van der Waals surface area contributed by atoms with Gasteiger partial charge >= 0.3 is 0 Å². The normalized spacial score (nSPS) is 19.1. The number of hydrogen-bond acceptors (Lipinski definition) is 1. The van der Waals surface area contributed by atoms with Crippen molar-refractivity contribution >= 4 is 34.8 Å². The average Bonchev–Trinajstić information content (AvgIpc) is 3.09. The van der Waals surface area contributed by atoms with Gasteiger partial charge in [-0.1, -0.05) is 29.8 Å². The molecule has 21 heavy (non-hydrogen) atoms. The number of alkyl halides is 2. The van der Waals surface area contributed by atoms with E-state index in [0.29, 0.717) is 5.56 Å². The molecule has 0 spiro atoms. The highest BCUT2D eigenvalue weighted by Crippen LogP contribution is 2.59. The van der Waals surface area contributed by atoms with Crippen molar-refractivity contribution in [3.8, 4) is 0 Å². The first-order chi connectivity index (χ1) is 9.95. The summed E-state index contributed by atoms with van der Waals surface area (Å²) in [6, 6.07) is 15.2. The molecule has 4 heteroatoms. The number of aryl methyl sites for hydroxylation is 1. The summed E-state index contributed by atoms with van der Waals surface area (Å²) in [5, 5.41) is 2.88. The molecule has 1 atom stereocenters. The van der Waals surface area contributed by atoms with Crippen LogP contribution in [0.2, 0.25) is 0 Å². The molecule has 1 fully saturated rings. The first-order valence-electron chi connectivity index (χ1n) is 6.81. The third-order valence-corrected chi connectivity index (χ3v) is 4.55. The van der Waals surface area contributed by atoms with Crippen molar-refractivity contribution in [1.82, 2.24) is 0 Å². The van der Waals surface area contributed by atoms with Crippen LogP contribution in [-0.2, 0) is 0 Å². The molecular formula is C17H15Cl2NO. The van der Waals surface area contributed by atoms with E-state index in [0.717, 1.165) is 23.2 Å². The monoisotopic (exact) mass is 319 g/mol. The zero-order chi connectivity index (χ0) is 15.0. The molecule has 2 aromatic rings. The summed E-state index contributed by atoms with van der Waals surface area (Å²) in [4.78, 5) is 12.1. The molecule has 1 N–H and O–H groups in total. The Hall–Kier alpha value is -1.51. The molecule has 0 saturated heterocycles. The van der Waals surface area contributed by atoms with E-state index >= 15 is 0 Å². The van der Waals surface area contributed by atoms with E-state index < -0.39 is 4.33 Å². The highest BCUT2D eigenvalue weighted by Gasteiger charge is 2.52. The molecule has 1 saturated carbocycles. The van der Waals surface area contributed by atoms with Gasteiger partial charge in [-0.3, -0.25) is 4.79 Å². The minimum atomic E-state index is -0.618. The molecule has 1 amide bonds. The third kappa shape index (κ3) is 3.22. The molecule has 108 valence electrons. The lowest BCUT2D eigenvalue weighted by Crippen LogP contribution is -2.11. The van der Waals surface area contributed by atoms with E-state index in [2.05, 4.69) is 5.32 Å². The van der Waals surface area contributed by atoms with Crippen molar-refractivity contribution in [3.63, 3.8) is 0 Å². The largest absolute Gasteiger partial charge is 0.322 e. The highest BCUT2D eigenvalue weighted by atomic mass is 35.5. The maximum atomic E-state index is 12.1. The van der Waals surface area contributed by atoms with E-state index in [9.17, 15) is 4.79 Å². The number of carbonyl (C=O) groups excluding carboxylic acids is 1. The van der Waals surface area contributed by atoms with Gasteiger partial charge in [0.1, 0.15) is 4.33 Å². The van der Waals surface area contributed by atoms with Crippen molar-refractivity contribution in [2.24, 2.45) is 0 Å². The summed E-state index contributed by atoms with van der Waals surface area (Å²) >= 11 is 12.1. The van der Waals surface area contributed by atoms with Crippen LogP contribution in [0.1, 0.15) is 33.8 Å². The number of halogens is 2. The summed E-state index contributed by atoms with van der Waals surface area (Å²) in [7, 11) is 0. The topological polar surface area (TPSA) is 29.1 Å². The number of carbonyl (C=O) groups is 1. The molecule has 3 rings (SSSR count). The maximum absolute atomic E-state index is 12.1. The van der Waals surface area contributed by atoms with Crippen LogP contribution in [-0.4, -0.2) is 10.2 Å². The molecule has 0 radical (unpaired) electrons. The van der Waals surface area contributed by atoms with Gasteiger partial charge in [0, 0.05) is 17.2 Å². The van der Waals surface area contributed by atoms with Gasteiger partial charge in [0.05, 0.1) is 0 Å². The van der Waals surface area contributed by atoms with Gasteiger partial charge in [-0.25, -0.2) is 0 Å². The number of amides is 1. The van der Waals surface area contributed by atoms with Gasteiger partial charge in [-0.2, -0.15) is 0 Å². The quantitative estimate of drug-likeness (QED) is 0.800. The Kier molecular flexibility index (Phi) is 3.68. The van der Waals surface area contributed by atoms with Gasteiger partial charge < -0.3 is 5.32 Å². The Labute approximate surface area is 134 Å². The fourth-order valence-electron chi connectivity index (χ4n) is 2.28. The average molecular weight is 320 g/mol. The zero-order valence-corrected chi connectivity index (χ0v) is 13.1. The Bertz CT molecular complexity index is 662. The fraction of sp³-hybridized carbons (Fsp3) is 0.235. The summed E-state index contributed by atoms with van der Waals surface area (Å²) in [6.07, 6.45) is 0.783. The lowest BCUT2D eigenvalue weighted by molar-refractivity contribution is 0.102. The van der Waals surface area contributed by atoms with E-state index in [1.807, 2.05) is 55.5 Å². The molecule has 0 heterocycles. The van der Waals surface area contributed by atoms with Gasteiger partial charge in [0.2, 0.25) is 0 Å². The Morgan fingerprint density at radius 2 is 1.67 bits per heavy atom. The molecule has 0 bridgehead atoms. The second-order valence-electron chi connectivity index (χ2n) is 5.46. The Morgan fingerprint density at radius 1 is 1.10 bits per heavy atom. The van der Waals surface area contributed by atoms with Crippen LogP contribution >= 0.6 is 23.2 Å². The van der Waals surface area contributed by atoms with Crippen molar-refractivity contribution in [2.75, 3.05) is 5.32 Å². The van der Waals surface area contributed by atoms with Crippen molar-refractivity contribution in [3.05, 3.63) is 65.2 Å². The van der Waals surface area contributed by atoms with Crippen LogP contribution in [0, 0.1) is 6.92 Å². The summed E-state index contributed by atoms with van der Waals surface area (Å²) in [5.74, 6) is 0.0842. The number of anilines is 1. The van der Waals surface area contributed by atoms with Crippen molar-refractivity contribution in [2.45, 2.75) is 23.6 Å². The Balaban J connectivity index is 1.68. The molecular weight excluding hydrogens is 305 g/mol. The second kappa shape index (κ2) is 5.36. The van der Waals surface area contributed by atoms with E-state index in [1.165, 1.54) is 0 Å². The molecule has 1 aliphatic carbocycles. The van der Waals surface area contributed by atoms with Crippen LogP contribution in [0.4, 0.5) is 5.69 Å². The standard InChI is InChI=1S/C17H15Cl2NO/c1-11-2-4-13(5-3-11)16(21)20-14-8-6-12(7-9-14)15-10-17(15,18)19/h2-9,15H,10H2,1H3,(H,20,21)/t15-/m1/s1. The predicted octanol–water partition coefficient (Wildman–Crippen LogP) is 4.91. The first-order valence-corrected chi connectivity index (χ1v) is 7.57. The first kappa shape index (κ1) is 14.4. The fourth-order valence-corrected chi connectivity index (χ4v) is 2.84. The molecule has 0 unspecified atom stereocenters. The van der Waals surface area contributed by atoms with Gasteiger partial charge in [-0.05, 0) is 43.2 Å². The lowest BCUT2D eigenvalue weighted by Gasteiger charge is -2.07. The SMILES string of the molecule is Cc1ccc(C(=O)Nc2ccc([C@H]3CC3(Cl)Cl)cc2)cc1. The second-order valence-corrected chi connectivity index (χ2v) is 7.00. The van der Waals surface area contributed by atoms with E-state index in [4.69, 9.17) is 23.2 Å². The smallest absolute Gasteiger partial charge is 0.255 e. The van der Waals surface area contributed by atoms with Gasteiger partial charge in [0.15, 0.2) is 0 Å². The number of rotatable bonds is 3. The number of nitrogens with one attached hydrogen (secondary N) is 1. The molecule has 0 aromatic heterocycles. The summed E-state index contributed by atoms with van der Waals surface area (Å²) < 4.78 is -0.618. The number of hydrogen-bond donors (Lipinski definition) is 1. The third-order valence-electron chi connectivity index (χ3n) is 3.71. The van der Waals surface area contributed by atoms with Crippen LogP contribution < -0.4 is 5.32 Å². The molecule has 0 aliphatic heterocycles.